The molecule has 0 aliphatic carbocycles. The van der Waals surface area contributed by atoms with Crippen molar-refractivity contribution in [3.63, 3.8) is 0 Å². The van der Waals surface area contributed by atoms with E-state index in [2.05, 4.69) is 13.8 Å². The molecule has 6 nitrogen and oxygen atoms in total. The molecule has 0 aliphatic rings. The topological polar surface area (TPSA) is 99.4 Å². The van der Waals surface area contributed by atoms with E-state index in [1.54, 1.807) is 0 Å². The molecule has 0 bridgehead atoms. The van der Waals surface area contributed by atoms with Gasteiger partial charge in [0, 0.05) is 35.5 Å². The van der Waals surface area contributed by atoms with Gasteiger partial charge in [-0.15, -0.1) is 0 Å². The van der Waals surface area contributed by atoms with E-state index in [-0.39, 0.29) is 26.4 Å². The van der Waals surface area contributed by atoms with Crippen molar-refractivity contribution in [1.29, 1.82) is 0 Å². The smallest absolute Gasteiger partial charge is 0.0574 e. The maximum atomic E-state index is 10.1. The first-order chi connectivity index (χ1) is 22.1. The molecule has 4 N–H and O–H groups in total. The number of thioether (sulfide) groups is 1. The van der Waals surface area contributed by atoms with E-state index in [0.29, 0.717) is 37.9 Å². The molecule has 0 unspecified atom stereocenters. The van der Waals surface area contributed by atoms with Crippen LogP contribution in [0.15, 0.2) is 0 Å². The molecular weight excluding hydrogens is 584 g/mol. The van der Waals surface area contributed by atoms with E-state index >= 15 is 0 Å². The first-order valence-electron chi connectivity index (χ1n) is 19.2. The molecule has 0 saturated carbocycles. The molecular formula is C38H78O6S. The van der Waals surface area contributed by atoms with Crippen molar-refractivity contribution in [3.05, 3.63) is 0 Å². The molecule has 0 spiro atoms. The molecule has 0 aliphatic heterocycles. The van der Waals surface area contributed by atoms with Gasteiger partial charge in [-0.3, -0.25) is 0 Å². The summed E-state index contributed by atoms with van der Waals surface area (Å²) in [5.41, 5.74) is -1.46. The van der Waals surface area contributed by atoms with Gasteiger partial charge in [-0.2, -0.15) is 11.8 Å². The van der Waals surface area contributed by atoms with Crippen LogP contribution in [0.5, 0.6) is 0 Å². The molecule has 0 aromatic rings. The highest BCUT2D eigenvalue weighted by molar-refractivity contribution is 7.99. The van der Waals surface area contributed by atoms with Crippen LogP contribution in [0.1, 0.15) is 168 Å². The van der Waals surface area contributed by atoms with Crippen LogP contribution in [-0.2, 0) is 9.47 Å². The van der Waals surface area contributed by atoms with Crippen LogP contribution >= 0.6 is 11.8 Å². The number of ether oxygens (including phenoxy) is 2. The second-order valence-electron chi connectivity index (χ2n) is 14.0. The number of unbranched alkanes of at least 4 members (excludes halogenated alkanes) is 22. The van der Waals surface area contributed by atoms with E-state index in [0.717, 1.165) is 25.7 Å². The third kappa shape index (κ3) is 26.7. The first kappa shape index (κ1) is 45.1. The lowest BCUT2D eigenvalue weighted by atomic mass is 9.93. The van der Waals surface area contributed by atoms with Crippen LogP contribution in [0.2, 0.25) is 0 Å². The van der Waals surface area contributed by atoms with Gasteiger partial charge in [0.1, 0.15) is 0 Å². The average Bonchev–Trinajstić information content (AvgIpc) is 3.07. The normalized spacial score (nSPS) is 12.4. The van der Waals surface area contributed by atoms with E-state index in [1.807, 2.05) is 0 Å². The van der Waals surface area contributed by atoms with Crippen molar-refractivity contribution in [2.45, 2.75) is 168 Å². The second kappa shape index (κ2) is 34.0. The lowest BCUT2D eigenvalue weighted by Gasteiger charge is -2.33. The zero-order chi connectivity index (χ0) is 33.2. The highest BCUT2D eigenvalue weighted by atomic mass is 32.2. The molecule has 45 heavy (non-hydrogen) atoms. The van der Waals surface area contributed by atoms with Crippen molar-refractivity contribution in [2.24, 2.45) is 10.8 Å². The molecule has 0 rings (SSSR count). The van der Waals surface area contributed by atoms with Gasteiger partial charge in [-0.05, 0) is 12.8 Å². The van der Waals surface area contributed by atoms with Gasteiger partial charge in [-0.1, -0.05) is 155 Å². The monoisotopic (exact) mass is 663 g/mol. The Labute approximate surface area is 284 Å². The minimum absolute atomic E-state index is 0.157. The minimum Gasteiger partial charge on any atom is -0.396 e. The molecule has 0 heterocycles. The molecule has 0 saturated heterocycles. The van der Waals surface area contributed by atoms with Crippen molar-refractivity contribution < 1.29 is 29.9 Å². The Balaban J connectivity index is 4.00. The molecule has 272 valence electrons. The number of aliphatic hydroxyl groups is 4. The Morgan fingerprint density at radius 3 is 0.867 bits per heavy atom. The highest BCUT2D eigenvalue weighted by Gasteiger charge is 2.33. The van der Waals surface area contributed by atoms with Crippen molar-refractivity contribution in [2.75, 3.05) is 64.4 Å². The summed E-state index contributed by atoms with van der Waals surface area (Å²) in [6, 6.07) is 0. The summed E-state index contributed by atoms with van der Waals surface area (Å²) >= 11 is 1.54. The van der Waals surface area contributed by atoms with Crippen LogP contribution in [0.4, 0.5) is 0 Å². The summed E-state index contributed by atoms with van der Waals surface area (Å²) < 4.78 is 11.8. The summed E-state index contributed by atoms with van der Waals surface area (Å²) in [5.74, 6) is 0.998. The van der Waals surface area contributed by atoms with Crippen LogP contribution < -0.4 is 0 Å². The van der Waals surface area contributed by atoms with Gasteiger partial charge in [0.15, 0.2) is 0 Å². The Morgan fingerprint density at radius 1 is 0.378 bits per heavy atom. The quantitative estimate of drug-likeness (QED) is 0.0490. The van der Waals surface area contributed by atoms with Gasteiger partial charge in [0.05, 0.1) is 39.6 Å². The van der Waals surface area contributed by atoms with Gasteiger partial charge < -0.3 is 29.9 Å². The second-order valence-corrected chi connectivity index (χ2v) is 15.0. The van der Waals surface area contributed by atoms with Gasteiger partial charge >= 0.3 is 0 Å². The summed E-state index contributed by atoms with van der Waals surface area (Å²) in [7, 11) is 0. The van der Waals surface area contributed by atoms with Crippen molar-refractivity contribution in [1.82, 2.24) is 0 Å². The van der Waals surface area contributed by atoms with E-state index in [4.69, 9.17) is 9.47 Å². The van der Waals surface area contributed by atoms with E-state index < -0.39 is 10.8 Å². The molecule has 0 atom stereocenters. The minimum atomic E-state index is -0.728. The predicted octanol–water partition coefficient (Wildman–Crippen LogP) is 9.10. The van der Waals surface area contributed by atoms with Gasteiger partial charge in [0.2, 0.25) is 0 Å². The highest BCUT2D eigenvalue weighted by Crippen LogP contribution is 2.29. The number of rotatable bonds is 38. The number of aliphatic hydroxyl groups excluding tert-OH is 4. The molecule has 0 fully saturated rings. The van der Waals surface area contributed by atoms with Gasteiger partial charge in [0.25, 0.3) is 0 Å². The lowest BCUT2D eigenvalue weighted by molar-refractivity contribution is -0.0171. The predicted molar refractivity (Wildman–Crippen MR) is 194 cm³/mol. The fraction of sp³-hybridized carbons (Fsp3) is 1.00. The number of hydrogen-bond donors (Lipinski definition) is 4. The van der Waals surface area contributed by atoms with Crippen molar-refractivity contribution in [3.8, 4) is 0 Å². The molecule has 0 radical (unpaired) electrons. The summed E-state index contributed by atoms with van der Waals surface area (Å²) in [6.07, 6.45) is 31.3. The first-order valence-corrected chi connectivity index (χ1v) is 20.4. The summed E-state index contributed by atoms with van der Waals surface area (Å²) in [5, 5.41) is 40.4. The fourth-order valence-electron chi connectivity index (χ4n) is 5.70. The Hall–Kier alpha value is 0.110. The molecule has 7 heteroatoms. The molecule has 0 aromatic carbocycles. The largest absolute Gasteiger partial charge is 0.396 e. The van der Waals surface area contributed by atoms with Crippen LogP contribution in [0, 0.1) is 10.8 Å². The maximum Gasteiger partial charge on any atom is 0.0574 e. The zero-order valence-electron chi connectivity index (χ0n) is 30.1. The van der Waals surface area contributed by atoms with Crippen LogP contribution in [0.3, 0.4) is 0 Å². The van der Waals surface area contributed by atoms with Crippen molar-refractivity contribution >= 4 is 11.8 Å². The molecule has 0 amide bonds. The summed E-state index contributed by atoms with van der Waals surface area (Å²) in [6.45, 7) is 5.82. The molecule has 0 aromatic heterocycles. The van der Waals surface area contributed by atoms with Crippen LogP contribution in [0.25, 0.3) is 0 Å². The Morgan fingerprint density at radius 2 is 0.622 bits per heavy atom. The van der Waals surface area contributed by atoms with Crippen LogP contribution in [-0.4, -0.2) is 84.8 Å². The Bertz CT molecular complexity index is 522. The Kier molecular flexibility index (Phi) is 34.1. The average molecular weight is 663 g/mol. The fourth-order valence-corrected chi connectivity index (χ4v) is 7.20. The van der Waals surface area contributed by atoms with Gasteiger partial charge in [-0.25, -0.2) is 0 Å². The number of hydrogen-bond acceptors (Lipinski definition) is 7. The third-order valence-electron chi connectivity index (χ3n) is 9.26. The maximum absolute atomic E-state index is 10.1. The standard InChI is InChI=1S/C38H78O6S/c1-3-5-7-9-11-13-15-17-19-21-23-25-27-43-33-37(29-39,30-40)35-45-36-38(31-41,32-42)34-44-28-26-24-22-20-18-16-14-12-10-8-6-4-2/h39-42H,3-36H2,1-2H3. The lowest BCUT2D eigenvalue weighted by Crippen LogP contribution is -2.41. The SMILES string of the molecule is CCCCCCCCCCCCCCOCC(CO)(CO)CSCC(CO)(CO)COCCCCCCCCCCCCCC. The zero-order valence-corrected chi connectivity index (χ0v) is 30.9. The van der Waals surface area contributed by atoms with E-state index in [9.17, 15) is 20.4 Å². The third-order valence-corrected chi connectivity index (χ3v) is 10.9. The summed E-state index contributed by atoms with van der Waals surface area (Å²) in [4.78, 5) is 0. The van der Waals surface area contributed by atoms with E-state index in [1.165, 1.54) is 140 Å².